The van der Waals surface area contributed by atoms with E-state index in [-0.39, 0.29) is 11.4 Å². The summed E-state index contributed by atoms with van der Waals surface area (Å²) < 4.78 is 13.6. The Kier molecular flexibility index (Phi) is 6.37. The molecule has 0 bridgehead atoms. The van der Waals surface area contributed by atoms with Crippen molar-refractivity contribution in [2.24, 2.45) is 0 Å². The van der Waals surface area contributed by atoms with Crippen LogP contribution in [0, 0.1) is 0 Å². The van der Waals surface area contributed by atoms with Crippen molar-refractivity contribution in [3.63, 3.8) is 0 Å². The van der Waals surface area contributed by atoms with Crippen molar-refractivity contribution < 1.29 is 15.7 Å². The molecule has 0 aliphatic heterocycles. The minimum atomic E-state index is -4.83. The predicted octanol–water partition coefficient (Wildman–Crippen LogP) is 2.75. The molecule has 152 valence electrons. The van der Waals surface area contributed by atoms with Crippen molar-refractivity contribution in [2.75, 3.05) is 0 Å². The topological polar surface area (TPSA) is 78.4 Å². The molecule has 0 amide bonds. The molecule has 0 saturated heterocycles. The zero-order chi connectivity index (χ0) is 21.5. The third-order valence-corrected chi connectivity index (χ3v) is 13.5. The summed E-state index contributed by atoms with van der Waals surface area (Å²) in [5, 5.41) is 0. The fourth-order valence-electron chi connectivity index (χ4n) is 3.07. The van der Waals surface area contributed by atoms with Crippen LogP contribution < -0.4 is 7.16 Å². The molecule has 0 spiro atoms. The van der Waals surface area contributed by atoms with Gasteiger partial charge in [-0.2, -0.15) is 0 Å². The second-order valence-corrected chi connectivity index (χ2v) is 14.5. The molecule has 7 heteroatoms. The number of rotatable bonds is 6. The average molecular weight is 517 g/mol. The first-order valence-electron chi connectivity index (χ1n) is 9.59. The van der Waals surface area contributed by atoms with Gasteiger partial charge in [-0.25, -0.2) is 0 Å². The molecule has 2 aromatic carbocycles. The Balaban J connectivity index is 1.84. The van der Waals surface area contributed by atoms with Gasteiger partial charge in [0.2, 0.25) is 0 Å². The van der Waals surface area contributed by atoms with Crippen LogP contribution in [0.15, 0.2) is 109 Å². The van der Waals surface area contributed by atoms with Crippen LogP contribution in [-0.4, -0.2) is 41.1 Å². The maximum absolute atomic E-state index is 13.1. The zero-order valence-electron chi connectivity index (χ0n) is 16.4. The number of hydrogen-bond acceptors (Lipinski definition) is 6. The molecule has 6 nitrogen and oxygen atoms in total. The molecular weight excluding hydrogens is 499 g/mol. The molecule has 0 saturated carbocycles. The predicted molar refractivity (Wildman–Crippen MR) is 117 cm³/mol. The summed E-state index contributed by atoms with van der Waals surface area (Å²) >= 11 is -4.83. The second-order valence-electron chi connectivity index (χ2n) is 6.56. The van der Waals surface area contributed by atoms with E-state index in [1.54, 1.807) is 36.4 Å². The van der Waals surface area contributed by atoms with Crippen LogP contribution in [0.2, 0.25) is 0 Å². The van der Waals surface area contributed by atoms with Gasteiger partial charge in [0.25, 0.3) is 0 Å². The van der Waals surface area contributed by atoms with E-state index in [1.165, 1.54) is 12.4 Å². The summed E-state index contributed by atoms with van der Waals surface area (Å²) in [5.41, 5.74) is 0.286. The molecule has 31 heavy (non-hydrogen) atoms. The van der Waals surface area contributed by atoms with Gasteiger partial charge in [0.1, 0.15) is 0 Å². The number of benzene rings is 2. The van der Waals surface area contributed by atoms with Crippen LogP contribution in [-0.2, 0) is 6.15 Å². The third-order valence-electron chi connectivity index (χ3n) is 4.53. The molecule has 4 rings (SSSR count). The van der Waals surface area contributed by atoms with E-state index in [1.807, 2.05) is 60.7 Å². The standard InChI is InChI=1S/2C6H5NO2.2C6H5.Sn/c2*8-6(9)5-3-1-2-4-7-5;2*1-2-4-6-5-3-1;/h2*1-4H,(H,8,9);2*1-5H;/q;;;;+2/p-2. The van der Waals surface area contributed by atoms with E-state index in [0.29, 0.717) is 7.16 Å². The number of carbonyl (C=O) groups excluding carboxylic acids is 2. The molecule has 2 aromatic heterocycles. The van der Waals surface area contributed by atoms with Crippen molar-refractivity contribution in [3.8, 4) is 0 Å². The molecule has 0 aliphatic carbocycles. The summed E-state index contributed by atoms with van der Waals surface area (Å²) in [6.45, 7) is 0. The van der Waals surface area contributed by atoms with Gasteiger partial charge in [0.05, 0.1) is 0 Å². The van der Waals surface area contributed by atoms with Crippen LogP contribution >= 0.6 is 0 Å². The SMILES string of the molecule is O=C([O][Sn]([O]C(=O)c1ccccn1)([c]1ccccc1)[c]1ccccc1)c1ccccn1. The van der Waals surface area contributed by atoms with Crippen molar-refractivity contribution in [3.05, 3.63) is 121 Å². The quantitative estimate of drug-likeness (QED) is 0.367. The molecule has 0 radical (unpaired) electrons. The van der Waals surface area contributed by atoms with Crippen LogP contribution in [0.5, 0.6) is 0 Å². The second kappa shape index (κ2) is 9.53. The molecular formula is C24H18N2O4Sn. The third kappa shape index (κ3) is 4.64. The van der Waals surface area contributed by atoms with Gasteiger partial charge in [-0.3, -0.25) is 0 Å². The first kappa shape index (κ1) is 20.7. The van der Waals surface area contributed by atoms with Gasteiger partial charge in [0, 0.05) is 0 Å². The number of pyridine rings is 2. The molecule has 2 heterocycles. The van der Waals surface area contributed by atoms with Gasteiger partial charge in [-0.1, -0.05) is 0 Å². The molecule has 0 fully saturated rings. The van der Waals surface area contributed by atoms with Crippen molar-refractivity contribution >= 4 is 38.3 Å². The van der Waals surface area contributed by atoms with Crippen LogP contribution in [0.1, 0.15) is 21.0 Å². The Hall–Kier alpha value is -3.52. The average Bonchev–Trinajstić information content (AvgIpc) is 2.85. The van der Waals surface area contributed by atoms with E-state index >= 15 is 0 Å². The van der Waals surface area contributed by atoms with E-state index in [2.05, 4.69) is 9.97 Å². The van der Waals surface area contributed by atoms with E-state index < -0.39 is 31.1 Å². The summed E-state index contributed by atoms with van der Waals surface area (Å²) in [6.07, 6.45) is 3.03. The summed E-state index contributed by atoms with van der Waals surface area (Å²) in [5.74, 6) is -1.28. The maximum atomic E-state index is 13.1. The first-order valence-corrected chi connectivity index (χ1v) is 14.8. The van der Waals surface area contributed by atoms with E-state index in [4.69, 9.17) is 6.15 Å². The normalized spacial score (nSPS) is 10.8. The number of aromatic nitrogens is 2. The Morgan fingerprint density at radius 2 is 0.935 bits per heavy atom. The van der Waals surface area contributed by atoms with Crippen LogP contribution in [0.25, 0.3) is 0 Å². The van der Waals surface area contributed by atoms with E-state index in [0.717, 1.165) is 0 Å². The van der Waals surface area contributed by atoms with Crippen molar-refractivity contribution in [1.82, 2.24) is 9.97 Å². The van der Waals surface area contributed by atoms with Crippen molar-refractivity contribution in [1.29, 1.82) is 0 Å². The van der Waals surface area contributed by atoms with Gasteiger partial charge in [-0.15, -0.1) is 0 Å². The zero-order valence-corrected chi connectivity index (χ0v) is 19.3. The number of hydrogen-bond donors (Lipinski definition) is 0. The summed E-state index contributed by atoms with van der Waals surface area (Å²) in [4.78, 5) is 34.4. The van der Waals surface area contributed by atoms with Crippen LogP contribution in [0.4, 0.5) is 0 Å². The van der Waals surface area contributed by atoms with Gasteiger partial charge in [-0.05, 0) is 0 Å². The fraction of sp³-hybridized carbons (Fsp3) is 0. The van der Waals surface area contributed by atoms with Crippen molar-refractivity contribution in [2.45, 2.75) is 0 Å². The van der Waals surface area contributed by atoms with Gasteiger partial charge < -0.3 is 0 Å². The molecule has 0 unspecified atom stereocenters. The minimum absolute atomic E-state index is 0.143. The Bertz CT molecular complexity index is 1060. The van der Waals surface area contributed by atoms with Gasteiger partial charge >= 0.3 is 185 Å². The Morgan fingerprint density at radius 1 is 0.548 bits per heavy atom. The molecule has 0 aliphatic rings. The number of nitrogens with zero attached hydrogens (tertiary/aromatic N) is 2. The Morgan fingerprint density at radius 3 is 1.29 bits per heavy atom. The first-order chi connectivity index (χ1) is 15.2. The van der Waals surface area contributed by atoms with E-state index in [9.17, 15) is 9.59 Å². The fourth-order valence-corrected chi connectivity index (χ4v) is 11.2. The summed E-state index contributed by atoms with van der Waals surface area (Å²) in [6, 6.07) is 28.2. The van der Waals surface area contributed by atoms with Crippen LogP contribution in [0.3, 0.4) is 0 Å². The van der Waals surface area contributed by atoms with Gasteiger partial charge in [0.15, 0.2) is 0 Å². The number of carbonyl (C=O) groups is 2. The summed E-state index contributed by atoms with van der Waals surface area (Å²) in [7, 11) is 0. The molecule has 0 atom stereocenters. The molecule has 4 aromatic rings. The monoisotopic (exact) mass is 518 g/mol. The Labute approximate surface area is 184 Å². The molecule has 0 N–H and O–H groups in total.